The molecular formula is C12H2Br2I2N4S2. The predicted octanol–water partition coefficient (Wildman–Crippen LogP) is 6.10. The Morgan fingerprint density at radius 1 is 0.818 bits per heavy atom. The fourth-order valence-electron chi connectivity index (χ4n) is 2.20. The van der Waals surface area contributed by atoms with E-state index in [1.807, 2.05) is 6.07 Å². The van der Waals surface area contributed by atoms with Crippen LogP contribution in [0.25, 0.3) is 33.2 Å². The molecule has 4 nitrogen and oxygen atoms in total. The standard InChI is InChI=1S/C12H2Br2I2N4S2/c13-7-6(11-12(20-22-19-11)8(14)9(7)16)4-1-3(15)2-5-10(4)18-21-17-5/h1-2H. The first-order chi connectivity index (χ1) is 10.6. The topological polar surface area (TPSA) is 51.6 Å². The normalized spacial score (nSPS) is 11.6. The molecule has 0 N–H and O–H groups in total. The van der Waals surface area contributed by atoms with Gasteiger partial charge in [-0.2, -0.15) is 17.5 Å². The van der Waals surface area contributed by atoms with Gasteiger partial charge in [0.25, 0.3) is 0 Å². The van der Waals surface area contributed by atoms with E-state index in [9.17, 15) is 0 Å². The number of benzene rings is 2. The zero-order chi connectivity index (χ0) is 15.4. The fraction of sp³-hybridized carbons (Fsp3) is 0. The van der Waals surface area contributed by atoms with Gasteiger partial charge in [0, 0.05) is 22.7 Å². The van der Waals surface area contributed by atoms with E-state index in [4.69, 9.17) is 0 Å². The highest BCUT2D eigenvalue weighted by atomic mass is 127. The highest BCUT2D eigenvalue weighted by molar-refractivity contribution is 14.1. The van der Waals surface area contributed by atoms with E-state index in [1.54, 1.807) is 0 Å². The van der Waals surface area contributed by atoms with Crippen LogP contribution in [0.1, 0.15) is 0 Å². The maximum absolute atomic E-state index is 4.50. The number of aromatic nitrogens is 4. The van der Waals surface area contributed by atoms with Gasteiger partial charge in [0.2, 0.25) is 0 Å². The zero-order valence-electron chi connectivity index (χ0n) is 10.3. The molecule has 0 aliphatic carbocycles. The molecule has 0 amide bonds. The summed E-state index contributed by atoms with van der Waals surface area (Å²) < 4.78 is 21.9. The van der Waals surface area contributed by atoms with Crippen LogP contribution in [0.5, 0.6) is 0 Å². The Labute approximate surface area is 177 Å². The third kappa shape index (κ3) is 2.44. The molecule has 2 aromatic heterocycles. The lowest BCUT2D eigenvalue weighted by molar-refractivity contribution is 1.51. The molecule has 110 valence electrons. The molecule has 0 saturated heterocycles. The molecule has 22 heavy (non-hydrogen) atoms. The molecule has 0 fully saturated rings. The summed E-state index contributed by atoms with van der Waals surface area (Å²) in [5.41, 5.74) is 5.62. The molecule has 4 rings (SSSR count). The van der Waals surface area contributed by atoms with Crippen LogP contribution in [-0.4, -0.2) is 17.5 Å². The lowest BCUT2D eigenvalue weighted by Gasteiger charge is -2.10. The van der Waals surface area contributed by atoms with Crippen molar-refractivity contribution in [3.8, 4) is 11.1 Å². The van der Waals surface area contributed by atoms with E-state index in [2.05, 4.69) is 101 Å². The van der Waals surface area contributed by atoms with Crippen molar-refractivity contribution in [2.75, 3.05) is 0 Å². The molecule has 0 bridgehead atoms. The van der Waals surface area contributed by atoms with E-state index >= 15 is 0 Å². The van der Waals surface area contributed by atoms with Crippen molar-refractivity contribution in [3.63, 3.8) is 0 Å². The van der Waals surface area contributed by atoms with Crippen molar-refractivity contribution in [2.24, 2.45) is 0 Å². The van der Waals surface area contributed by atoms with Crippen molar-refractivity contribution in [3.05, 3.63) is 28.2 Å². The van der Waals surface area contributed by atoms with Gasteiger partial charge in [0.05, 0.1) is 27.9 Å². The number of nitrogens with zero attached hydrogens (tertiary/aromatic N) is 4. The second-order valence-corrected chi connectivity index (χ2v) is 9.33. The Morgan fingerprint density at radius 3 is 2.32 bits per heavy atom. The van der Waals surface area contributed by atoms with Gasteiger partial charge in [-0.25, -0.2) is 0 Å². The fourth-order valence-corrected chi connectivity index (χ4v) is 5.89. The highest BCUT2D eigenvalue weighted by Gasteiger charge is 2.22. The van der Waals surface area contributed by atoms with E-state index in [0.717, 1.165) is 49.3 Å². The molecule has 0 aliphatic heterocycles. The SMILES string of the molecule is Brc1c(I)c(Br)c2nsnc2c1-c1cc(I)cc2nsnc12. The van der Waals surface area contributed by atoms with Crippen LogP contribution in [0.15, 0.2) is 21.1 Å². The number of fused-ring (bicyclic) bond motifs is 2. The molecule has 2 aromatic carbocycles. The van der Waals surface area contributed by atoms with Gasteiger partial charge in [0.15, 0.2) is 0 Å². The first-order valence-electron chi connectivity index (χ1n) is 5.79. The van der Waals surface area contributed by atoms with Gasteiger partial charge in [-0.05, 0) is 89.2 Å². The van der Waals surface area contributed by atoms with Gasteiger partial charge < -0.3 is 0 Å². The third-order valence-electron chi connectivity index (χ3n) is 3.13. The minimum atomic E-state index is 0.875. The average molecular weight is 680 g/mol. The Bertz CT molecular complexity index is 1050. The number of hydrogen-bond acceptors (Lipinski definition) is 6. The van der Waals surface area contributed by atoms with E-state index < -0.39 is 0 Å². The summed E-state index contributed by atoms with van der Waals surface area (Å²) in [6.07, 6.45) is 0. The van der Waals surface area contributed by atoms with Crippen molar-refractivity contribution < 1.29 is 0 Å². The van der Waals surface area contributed by atoms with Crippen molar-refractivity contribution in [1.82, 2.24) is 17.5 Å². The molecule has 10 heteroatoms. The van der Waals surface area contributed by atoms with Crippen LogP contribution in [-0.2, 0) is 0 Å². The highest BCUT2D eigenvalue weighted by Crippen LogP contribution is 2.44. The maximum Gasteiger partial charge on any atom is 0.120 e. The minimum Gasteiger partial charge on any atom is -0.173 e. The third-order valence-corrected chi connectivity index (χ3v) is 8.95. The van der Waals surface area contributed by atoms with Crippen molar-refractivity contribution >= 4 is 123 Å². The summed E-state index contributed by atoms with van der Waals surface area (Å²) >= 11 is 14.4. The summed E-state index contributed by atoms with van der Waals surface area (Å²) in [6, 6.07) is 4.16. The Hall–Kier alpha value is 0.500. The summed E-state index contributed by atoms with van der Waals surface area (Å²) in [6.45, 7) is 0. The summed E-state index contributed by atoms with van der Waals surface area (Å²) in [7, 11) is 0. The van der Waals surface area contributed by atoms with Gasteiger partial charge in [-0.15, -0.1) is 0 Å². The second-order valence-electron chi connectivity index (χ2n) is 4.36. The Balaban J connectivity index is 2.22. The number of hydrogen-bond donors (Lipinski definition) is 0. The van der Waals surface area contributed by atoms with E-state index in [0.29, 0.717) is 0 Å². The quantitative estimate of drug-likeness (QED) is 0.180. The lowest BCUT2D eigenvalue weighted by Crippen LogP contribution is -1.91. The summed E-state index contributed by atoms with van der Waals surface area (Å²) in [5, 5.41) is 0. The van der Waals surface area contributed by atoms with Crippen LogP contribution in [0.3, 0.4) is 0 Å². The van der Waals surface area contributed by atoms with E-state index in [1.165, 1.54) is 23.5 Å². The number of halogens is 4. The maximum atomic E-state index is 4.50. The summed E-state index contributed by atoms with van der Waals surface area (Å²) in [4.78, 5) is 0. The van der Waals surface area contributed by atoms with Crippen LogP contribution in [0, 0.1) is 7.14 Å². The van der Waals surface area contributed by atoms with Crippen LogP contribution < -0.4 is 0 Å². The molecule has 0 unspecified atom stereocenters. The second kappa shape index (κ2) is 6.10. The largest absolute Gasteiger partial charge is 0.173 e. The molecule has 0 radical (unpaired) electrons. The average Bonchev–Trinajstić information content (AvgIpc) is 3.13. The Kier molecular flexibility index (Phi) is 4.43. The zero-order valence-corrected chi connectivity index (χ0v) is 19.4. The molecule has 0 aliphatic rings. The number of rotatable bonds is 1. The van der Waals surface area contributed by atoms with Crippen LogP contribution in [0.4, 0.5) is 0 Å². The molecule has 2 heterocycles. The molecule has 0 saturated carbocycles. The van der Waals surface area contributed by atoms with Crippen molar-refractivity contribution in [1.29, 1.82) is 0 Å². The molecule has 0 spiro atoms. The minimum absolute atomic E-state index is 0.875. The van der Waals surface area contributed by atoms with Crippen LogP contribution in [0.2, 0.25) is 0 Å². The predicted molar refractivity (Wildman–Crippen MR) is 115 cm³/mol. The molecule has 0 atom stereocenters. The summed E-state index contributed by atoms with van der Waals surface area (Å²) in [5.74, 6) is 0. The first kappa shape index (κ1) is 16.0. The van der Waals surface area contributed by atoms with Gasteiger partial charge in [0.1, 0.15) is 22.1 Å². The smallest absolute Gasteiger partial charge is 0.120 e. The van der Waals surface area contributed by atoms with Gasteiger partial charge in [-0.3, -0.25) is 0 Å². The van der Waals surface area contributed by atoms with Gasteiger partial charge in [-0.1, -0.05) is 0 Å². The Morgan fingerprint density at radius 2 is 1.50 bits per heavy atom. The molecule has 4 aromatic rings. The first-order valence-corrected chi connectivity index (χ1v) is 11.0. The van der Waals surface area contributed by atoms with Gasteiger partial charge >= 0.3 is 0 Å². The van der Waals surface area contributed by atoms with E-state index in [-0.39, 0.29) is 0 Å². The molecular weight excluding hydrogens is 678 g/mol. The monoisotopic (exact) mass is 678 g/mol. The lowest BCUT2D eigenvalue weighted by atomic mass is 10.0. The van der Waals surface area contributed by atoms with Crippen LogP contribution >= 0.6 is 100 Å². The van der Waals surface area contributed by atoms with Crippen molar-refractivity contribution in [2.45, 2.75) is 0 Å².